The first-order valence-electron chi connectivity index (χ1n) is 8.76. The summed E-state index contributed by atoms with van der Waals surface area (Å²) in [7, 11) is 1.70. The molecule has 128 valence electrons. The van der Waals surface area contributed by atoms with Crippen LogP contribution in [-0.2, 0) is 6.54 Å². The molecule has 0 spiro atoms. The summed E-state index contributed by atoms with van der Waals surface area (Å²) in [5.74, 6) is 0.912. The molecule has 0 aliphatic carbocycles. The number of aromatic nitrogens is 1. The number of anilines is 1. The smallest absolute Gasteiger partial charge is 0.118 e. The zero-order valence-corrected chi connectivity index (χ0v) is 14.5. The average Bonchev–Trinajstić information content (AvgIpc) is 3.09. The fourth-order valence-corrected chi connectivity index (χ4v) is 3.55. The number of fused-ring (bicyclic) bond motifs is 1. The fraction of sp³-hybridized carbons (Fsp3) is 0.286. The summed E-state index contributed by atoms with van der Waals surface area (Å²) in [6.07, 6.45) is 4.95. The van der Waals surface area contributed by atoms with Crippen LogP contribution in [0.25, 0.3) is 10.8 Å². The predicted octanol–water partition coefficient (Wildman–Crippen LogP) is 3.93. The summed E-state index contributed by atoms with van der Waals surface area (Å²) in [5, 5.41) is 6.15. The minimum atomic E-state index is 0.483. The molecule has 0 unspecified atom stereocenters. The highest BCUT2D eigenvalue weighted by Gasteiger charge is 2.22. The SMILES string of the molecule is COc1ccc(CN2CC[C@@H](Nc3cccc4cnccc34)C2)cc1. The van der Waals surface area contributed by atoms with E-state index in [1.807, 2.05) is 24.5 Å². The summed E-state index contributed by atoms with van der Waals surface area (Å²) in [6.45, 7) is 3.17. The van der Waals surface area contributed by atoms with Gasteiger partial charge in [-0.25, -0.2) is 0 Å². The number of rotatable bonds is 5. The Morgan fingerprint density at radius 1 is 1.16 bits per heavy atom. The number of pyridine rings is 1. The lowest BCUT2D eigenvalue weighted by Crippen LogP contribution is -2.26. The number of ether oxygens (including phenoxy) is 1. The Morgan fingerprint density at radius 3 is 2.88 bits per heavy atom. The van der Waals surface area contributed by atoms with Crippen molar-refractivity contribution in [2.24, 2.45) is 0 Å². The predicted molar refractivity (Wildman–Crippen MR) is 102 cm³/mol. The molecule has 0 radical (unpaired) electrons. The first-order valence-corrected chi connectivity index (χ1v) is 8.76. The third-order valence-corrected chi connectivity index (χ3v) is 4.88. The quantitative estimate of drug-likeness (QED) is 0.768. The molecule has 3 aromatic rings. The van der Waals surface area contributed by atoms with Crippen LogP contribution < -0.4 is 10.1 Å². The molecule has 1 atom stereocenters. The van der Waals surface area contributed by atoms with Gasteiger partial charge >= 0.3 is 0 Å². The maximum Gasteiger partial charge on any atom is 0.118 e. The summed E-state index contributed by atoms with van der Waals surface area (Å²) in [4.78, 5) is 6.72. The van der Waals surface area contributed by atoms with Gasteiger partial charge in [-0.2, -0.15) is 0 Å². The summed E-state index contributed by atoms with van der Waals surface area (Å²) in [5.41, 5.74) is 2.54. The van der Waals surface area contributed by atoms with Gasteiger partial charge in [-0.3, -0.25) is 9.88 Å². The molecule has 1 fully saturated rings. The Morgan fingerprint density at radius 2 is 2.04 bits per heavy atom. The normalized spacial score (nSPS) is 17.7. The van der Waals surface area contributed by atoms with Crippen LogP contribution in [0.4, 0.5) is 5.69 Å². The van der Waals surface area contributed by atoms with E-state index in [9.17, 15) is 0 Å². The highest BCUT2D eigenvalue weighted by molar-refractivity contribution is 5.93. The molecule has 0 amide bonds. The van der Waals surface area contributed by atoms with Crippen LogP contribution in [-0.4, -0.2) is 36.1 Å². The van der Waals surface area contributed by atoms with Crippen molar-refractivity contribution < 1.29 is 4.74 Å². The second-order valence-electron chi connectivity index (χ2n) is 6.62. The molecule has 4 nitrogen and oxygen atoms in total. The van der Waals surface area contributed by atoms with Gasteiger partial charge < -0.3 is 10.1 Å². The van der Waals surface area contributed by atoms with E-state index < -0.39 is 0 Å². The lowest BCUT2D eigenvalue weighted by Gasteiger charge is -2.18. The van der Waals surface area contributed by atoms with Crippen molar-refractivity contribution in [2.45, 2.75) is 19.0 Å². The van der Waals surface area contributed by atoms with Gasteiger partial charge in [0.2, 0.25) is 0 Å². The van der Waals surface area contributed by atoms with E-state index in [0.29, 0.717) is 6.04 Å². The molecule has 1 aliphatic rings. The van der Waals surface area contributed by atoms with Crippen molar-refractivity contribution in [2.75, 3.05) is 25.5 Å². The molecule has 1 N–H and O–H groups in total. The van der Waals surface area contributed by atoms with Gasteiger partial charge in [0.05, 0.1) is 7.11 Å². The third-order valence-electron chi connectivity index (χ3n) is 4.88. The highest BCUT2D eigenvalue weighted by atomic mass is 16.5. The van der Waals surface area contributed by atoms with Crippen LogP contribution in [0.15, 0.2) is 60.9 Å². The van der Waals surface area contributed by atoms with Crippen molar-refractivity contribution in [3.05, 3.63) is 66.5 Å². The molecule has 0 saturated carbocycles. The van der Waals surface area contributed by atoms with Crippen molar-refractivity contribution in [3.8, 4) is 5.75 Å². The number of methoxy groups -OCH3 is 1. The minimum absolute atomic E-state index is 0.483. The molecule has 1 aliphatic heterocycles. The molecule has 2 aromatic carbocycles. The Bertz CT molecular complexity index is 842. The zero-order valence-electron chi connectivity index (χ0n) is 14.5. The highest BCUT2D eigenvalue weighted by Crippen LogP contribution is 2.25. The van der Waals surface area contributed by atoms with Gasteiger partial charge in [-0.15, -0.1) is 0 Å². The minimum Gasteiger partial charge on any atom is -0.497 e. The number of hydrogen-bond donors (Lipinski definition) is 1. The van der Waals surface area contributed by atoms with E-state index in [4.69, 9.17) is 4.74 Å². The van der Waals surface area contributed by atoms with Gasteiger partial charge in [0.25, 0.3) is 0 Å². The largest absolute Gasteiger partial charge is 0.497 e. The van der Waals surface area contributed by atoms with Crippen molar-refractivity contribution in [1.29, 1.82) is 0 Å². The summed E-state index contributed by atoms with van der Waals surface area (Å²) in [6, 6.07) is 17.3. The number of hydrogen-bond acceptors (Lipinski definition) is 4. The standard InChI is InChI=1S/C21H23N3O/c1-25-19-7-5-16(6-8-19)14-24-12-10-18(15-24)23-21-4-2-3-17-13-22-11-9-20(17)21/h2-9,11,13,18,23H,10,12,14-15H2,1H3/t18-/m1/s1. The maximum atomic E-state index is 5.23. The van der Waals surface area contributed by atoms with Crippen LogP contribution in [0.1, 0.15) is 12.0 Å². The number of benzene rings is 2. The second-order valence-corrected chi connectivity index (χ2v) is 6.62. The molecular weight excluding hydrogens is 310 g/mol. The van der Waals surface area contributed by atoms with Gasteiger partial charge in [-0.05, 0) is 36.2 Å². The van der Waals surface area contributed by atoms with Gasteiger partial charge in [-0.1, -0.05) is 24.3 Å². The second kappa shape index (κ2) is 7.11. The zero-order chi connectivity index (χ0) is 17.1. The van der Waals surface area contributed by atoms with E-state index in [1.54, 1.807) is 7.11 Å². The van der Waals surface area contributed by atoms with Gasteiger partial charge in [0.1, 0.15) is 5.75 Å². The molecular formula is C21H23N3O. The Labute approximate surface area is 148 Å². The van der Waals surface area contributed by atoms with E-state index in [-0.39, 0.29) is 0 Å². The van der Waals surface area contributed by atoms with Crippen LogP contribution >= 0.6 is 0 Å². The lowest BCUT2D eigenvalue weighted by atomic mass is 10.1. The molecule has 4 rings (SSSR count). The molecule has 25 heavy (non-hydrogen) atoms. The van der Waals surface area contributed by atoms with Crippen LogP contribution in [0.2, 0.25) is 0 Å². The van der Waals surface area contributed by atoms with E-state index in [0.717, 1.165) is 31.8 Å². The Kier molecular flexibility index (Phi) is 4.53. The molecule has 4 heteroatoms. The van der Waals surface area contributed by atoms with Gasteiger partial charge in [0.15, 0.2) is 0 Å². The van der Waals surface area contributed by atoms with Crippen LogP contribution in [0.5, 0.6) is 5.75 Å². The lowest BCUT2D eigenvalue weighted by molar-refractivity contribution is 0.328. The monoisotopic (exact) mass is 333 g/mol. The molecule has 0 bridgehead atoms. The molecule has 1 saturated heterocycles. The van der Waals surface area contributed by atoms with Crippen LogP contribution in [0.3, 0.4) is 0 Å². The van der Waals surface area contributed by atoms with Gasteiger partial charge in [0, 0.05) is 54.5 Å². The number of likely N-dealkylation sites (tertiary alicyclic amines) is 1. The third kappa shape index (κ3) is 3.59. The first-order chi connectivity index (χ1) is 12.3. The van der Waals surface area contributed by atoms with E-state index >= 15 is 0 Å². The fourth-order valence-electron chi connectivity index (χ4n) is 3.55. The number of nitrogens with one attached hydrogen (secondary N) is 1. The summed E-state index contributed by atoms with van der Waals surface area (Å²) >= 11 is 0. The Balaban J connectivity index is 1.40. The Hall–Kier alpha value is -2.59. The van der Waals surface area contributed by atoms with Crippen LogP contribution in [0, 0.1) is 0 Å². The first kappa shape index (κ1) is 15.9. The maximum absolute atomic E-state index is 5.23. The average molecular weight is 333 g/mol. The van der Waals surface area contributed by atoms with E-state index in [2.05, 4.69) is 51.6 Å². The topological polar surface area (TPSA) is 37.4 Å². The number of nitrogens with zero attached hydrogens (tertiary/aromatic N) is 2. The van der Waals surface area contributed by atoms with Crippen molar-refractivity contribution >= 4 is 16.5 Å². The molecule has 2 heterocycles. The summed E-state index contributed by atoms with van der Waals surface area (Å²) < 4.78 is 5.23. The molecule has 1 aromatic heterocycles. The van der Waals surface area contributed by atoms with E-state index in [1.165, 1.54) is 22.0 Å². The van der Waals surface area contributed by atoms with Crippen molar-refractivity contribution in [1.82, 2.24) is 9.88 Å². The van der Waals surface area contributed by atoms with Crippen molar-refractivity contribution in [3.63, 3.8) is 0 Å².